The summed E-state index contributed by atoms with van der Waals surface area (Å²) in [5, 5.41) is 15.5. The van der Waals surface area contributed by atoms with Crippen LogP contribution < -0.4 is 10.5 Å². The standard InChI is InChI=1S/C26H32N6O2/c1-16(2)32-24-29-22(10-23(33)31(24)14-25(32,3)4)20-12-27-21-8-7-17(9-19(20)21)18-11-28-30(13-18)15-26(5,6)34/h7-13,16,27,34H,14-15H2,1-6H3. The van der Waals surface area contributed by atoms with E-state index in [9.17, 15) is 9.90 Å². The van der Waals surface area contributed by atoms with E-state index in [1.807, 2.05) is 30.7 Å². The van der Waals surface area contributed by atoms with Gasteiger partial charge in [0.2, 0.25) is 5.95 Å². The lowest BCUT2D eigenvalue weighted by Crippen LogP contribution is -2.45. The van der Waals surface area contributed by atoms with Crippen molar-refractivity contribution < 1.29 is 5.11 Å². The lowest BCUT2D eigenvalue weighted by molar-refractivity contribution is 0.0577. The fourth-order valence-corrected chi connectivity index (χ4v) is 5.14. The smallest absolute Gasteiger partial charge is 0.255 e. The van der Waals surface area contributed by atoms with Crippen LogP contribution in [0.3, 0.4) is 0 Å². The van der Waals surface area contributed by atoms with Crippen LogP contribution in [-0.4, -0.2) is 46.6 Å². The van der Waals surface area contributed by atoms with E-state index in [4.69, 9.17) is 4.98 Å². The molecular weight excluding hydrogens is 428 g/mol. The SMILES string of the molecule is CC(C)N1c2nc(-c3c[nH]c4ccc(-c5cnn(CC(C)(C)O)c5)cc34)cc(=O)n2CC1(C)C. The van der Waals surface area contributed by atoms with E-state index in [0.29, 0.717) is 18.8 Å². The van der Waals surface area contributed by atoms with Crippen LogP contribution in [0.2, 0.25) is 0 Å². The number of aromatic nitrogens is 5. The van der Waals surface area contributed by atoms with E-state index in [1.165, 1.54) is 0 Å². The fraction of sp³-hybridized carbons (Fsp3) is 0.423. The summed E-state index contributed by atoms with van der Waals surface area (Å²) in [5.41, 5.74) is 3.47. The van der Waals surface area contributed by atoms with Gasteiger partial charge in [0.25, 0.3) is 5.56 Å². The molecule has 4 aromatic rings. The molecule has 5 rings (SSSR count). The zero-order valence-corrected chi connectivity index (χ0v) is 20.6. The van der Waals surface area contributed by atoms with Crippen LogP contribution in [0.5, 0.6) is 0 Å². The van der Waals surface area contributed by atoms with Crippen molar-refractivity contribution in [2.24, 2.45) is 0 Å². The highest BCUT2D eigenvalue weighted by Gasteiger charge is 2.39. The highest BCUT2D eigenvalue weighted by Crippen LogP contribution is 2.36. The maximum atomic E-state index is 13.1. The second-order valence-electron chi connectivity index (χ2n) is 10.8. The maximum absolute atomic E-state index is 13.1. The highest BCUT2D eigenvalue weighted by molar-refractivity contribution is 5.97. The number of hydrogen-bond donors (Lipinski definition) is 2. The summed E-state index contributed by atoms with van der Waals surface area (Å²) in [6, 6.07) is 8.04. The molecule has 8 heteroatoms. The first-order valence-electron chi connectivity index (χ1n) is 11.7. The summed E-state index contributed by atoms with van der Waals surface area (Å²) < 4.78 is 3.53. The number of fused-ring (bicyclic) bond motifs is 2. The van der Waals surface area contributed by atoms with Crippen molar-refractivity contribution in [2.45, 2.75) is 71.8 Å². The molecule has 0 spiro atoms. The summed E-state index contributed by atoms with van der Waals surface area (Å²) >= 11 is 0. The maximum Gasteiger partial charge on any atom is 0.255 e. The molecule has 0 atom stereocenters. The molecule has 0 saturated carbocycles. The number of nitrogens with one attached hydrogen (secondary N) is 1. The van der Waals surface area contributed by atoms with Crippen molar-refractivity contribution in [1.29, 1.82) is 0 Å². The Hall–Kier alpha value is -3.39. The predicted octanol–water partition coefficient (Wildman–Crippen LogP) is 4.03. The van der Waals surface area contributed by atoms with Crippen LogP contribution in [0.4, 0.5) is 5.95 Å². The molecule has 0 saturated heterocycles. The highest BCUT2D eigenvalue weighted by atomic mass is 16.3. The van der Waals surface area contributed by atoms with Crippen molar-refractivity contribution in [3.05, 3.63) is 53.2 Å². The lowest BCUT2D eigenvalue weighted by atomic mass is 10.0. The molecule has 3 aromatic heterocycles. The van der Waals surface area contributed by atoms with E-state index in [0.717, 1.165) is 33.5 Å². The molecule has 0 aliphatic carbocycles. The van der Waals surface area contributed by atoms with Crippen molar-refractivity contribution in [3.63, 3.8) is 0 Å². The molecule has 1 aliphatic rings. The second-order valence-corrected chi connectivity index (χ2v) is 10.8. The summed E-state index contributed by atoms with van der Waals surface area (Å²) in [7, 11) is 0. The Labute approximate surface area is 198 Å². The first-order chi connectivity index (χ1) is 15.9. The Kier molecular flexibility index (Phi) is 4.98. The van der Waals surface area contributed by atoms with E-state index in [1.54, 1.807) is 29.2 Å². The number of anilines is 1. The molecule has 178 valence electrons. The summed E-state index contributed by atoms with van der Waals surface area (Å²) in [6.45, 7) is 13.1. The minimum absolute atomic E-state index is 0.0328. The first-order valence-corrected chi connectivity index (χ1v) is 11.7. The predicted molar refractivity (Wildman–Crippen MR) is 135 cm³/mol. The monoisotopic (exact) mass is 460 g/mol. The topological polar surface area (TPSA) is 92.0 Å². The molecule has 0 radical (unpaired) electrons. The molecular formula is C26H32N6O2. The molecule has 1 aliphatic heterocycles. The lowest BCUT2D eigenvalue weighted by Gasteiger charge is -2.35. The third-order valence-electron chi connectivity index (χ3n) is 6.39. The molecule has 0 amide bonds. The molecule has 8 nitrogen and oxygen atoms in total. The molecule has 4 heterocycles. The van der Waals surface area contributed by atoms with Crippen molar-refractivity contribution >= 4 is 16.9 Å². The summed E-state index contributed by atoms with van der Waals surface area (Å²) in [5.74, 6) is 0.723. The Morgan fingerprint density at radius 2 is 1.97 bits per heavy atom. The molecule has 0 bridgehead atoms. The minimum Gasteiger partial charge on any atom is -0.389 e. The van der Waals surface area contributed by atoms with Crippen molar-refractivity contribution in [2.75, 3.05) is 4.90 Å². The molecule has 2 N–H and O–H groups in total. The molecule has 0 fully saturated rings. The van der Waals surface area contributed by atoms with Crippen LogP contribution >= 0.6 is 0 Å². The number of aliphatic hydroxyl groups is 1. The van der Waals surface area contributed by atoms with Crippen LogP contribution in [0.1, 0.15) is 41.5 Å². The normalized spacial score (nSPS) is 15.5. The van der Waals surface area contributed by atoms with Gasteiger partial charge < -0.3 is 15.0 Å². The van der Waals surface area contributed by atoms with Crippen molar-refractivity contribution in [3.8, 4) is 22.4 Å². The molecule has 1 aromatic carbocycles. The Morgan fingerprint density at radius 1 is 1.21 bits per heavy atom. The third-order valence-corrected chi connectivity index (χ3v) is 6.39. The largest absolute Gasteiger partial charge is 0.389 e. The zero-order valence-electron chi connectivity index (χ0n) is 20.6. The van der Waals surface area contributed by atoms with Gasteiger partial charge in [0.1, 0.15) is 0 Å². The number of rotatable bonds is 5. The van der Waals surface area contributed by atoms with Crippen LogP contribution in [0, 0.1) is 0 Å². The average Bonchev–Trinajstić information content (AvgIpc) is 3.41. The fourth-order valence-electron chi connectivity index (χ4n) is 5.14. The van der Waals surface area contributed by atoms with Gasteiger partial charge in [-0.25, -0.2) is 4.98 Å². The van der Waals surface area contributed by atoms with Gasteiger partial charge in [-0.15, -0.1) is 0 Å². The van der Waals surface area contributed by atoms with E-state index in [-0.39, 0.29) is 17.1 Å². The number of H-pyrrole nitrogens is 1. The second kappa shape index (κ2) is 7.56. The summed E-state index contributed by atoms with van der Waals surface area (Å²) in [4.78, 5) is 23.6. The number of nitrogens with zero attached hydrogens (tertiary/aromatic N) is 5. The number of hydrogen-bond acceptors (Lipinski definition) is 5. The van der Waals surface area contributed by atoms with Gasteiger partial charge in [0.15, 0.2) is 0 Å². The van der Waals surface area contributed by atoms with E-state index in [2.05, 4.69) is 48.7 Å². The van der Waals surface area contributed by atoms with Crippen LogP contribution in [0.25, 0.3) is 33.3 Å². The van der Waals surface area contributed by atoms with Gasteiger partial charge in [-0.2, -0.15) is 5.10 Å². The van der Waals surface area contributed by atoms with Gasteiger partial charge in [-0.1, -0.05) is 6.07 Å². The zero-order chi connectivity index (χ0) is 24.4. The molecule has 0 unspecified atom stereocenters. The Bertz CT molecular complexity index is 1430. The van der Waals surface area contributed by atoms with Gasteiger partial charge in [0, 0.05) is 46.5 Å². The van der Waals surface area contributed by atoms with Gasteiger partial charge in [-0.05, 0) is 59.2 Å². The Morgan fingerprint density at radius 3 is 2.68 bits per heavy atom. The first kappa shape index (κ1) is 22.4. The van der Waals surface area contributed by atoms with E-state index >= 15 is 0 Å². The van der Waals surface area contributed by atoms with Gasteiger partial charge in [-0.3, -0.25) is 14.0 Å². The van der Waals surface area contributed by atoms with Crippen molar-refractivity contribution in [1.82, 2.24) is 24.3 Å². The quantitative estimate of drug-likeness (QED) is 0.469. The number of benzene rings is 1. The van der Waals surface area contributed by atoms with Gasteiger partial charge >= 0.3 is 0 Å². The summed E-state index contributed by atoms with van der Waals surface area (Å²) in [6.07, 6.45) is 5.67. The average molecular weight is 461 g/mol. The van der Waals surface area contributed by atoms with Crippen LogP contribution in [0.15, 0.2) is 47.7 Å². The molecule has 34 heavy (non-hydrogen) atoms. The Balaban J connectivity index is 1.58. The number of aromatic amines is 1. The van der Waals surface area contributed by atoms with Crippen LogP contribution in [-0.2, 0) is 13.1 Å². The van der Waals surface area contributed by atoms with Gasteiger partial charge in [0.05, 0.1) is 36.1 Å². The minimum atomic E-state index is -0.841. The third kappa shape index (κ3) is 3.81. The van der Waals surface area contributed by atoms with E-state index < -0.39 is 5.60 Å².